The highest BCUT2D eigenvalue weighted by molar-refractivity contribution is 5.94. The van der Waals surface area contributed by atoms with Gasteiger partial charge in [0.15, 0.2) is 0 Å². The topological polar surface area (TPSA) is 85.8 Å². The van der Waals surface area contributed by atoms with E-state index in [1.807, 2.05) is 32.9 Å². The Morgan fingerprint density at radius 2 is 2.20 bits per heavy atom. The second-order valence-corrected chi connectivity index (χ2v) is 5.51. The van der Waals surface area contributed by atoms with E-state index in [2.05, 4.69) is 15.4 Å². The summed E-state index contributed by atoms with van der Waals surface area (Å²) in [5, 5.41) is 6.90. The van der Waals surface area contributed by atoms with Gasteiger partial charge in [-0.2, -0.15) is 5.10 Å². The van der Waals surface area contributed by atoms with Crippen LogP contribution in [0.1, 0.15) is 29.8 Å². The number of aromatic nitrogens is 3. The van der Waals surface area contributed by atoms with E-state index < -0.39 is 5.54 Å². The van der Waals surface area contributed by atoms with E-state index in [-0.39, 0.29) is 5.91 Å². The molecule has 1 aromatic carbocycles. The monoisotopic (exact) mass is 273 g/mol. The predicted octanol–water partition coefficient (Wildman–Crippen LogP) is 1.04. The van der Waals surface area contributed by atoms with Gasteiger partial charge in [0.1, 0.15) is 12.7 Å². The lowest BCUT2D eigenvalue weighted by molar-refractivity contribution is 0.0946. The van der Waals surface area contributed by atoms with Crippen LogP contribution in [-0.4, -0.2) is 32.8 Å². The zero-order chi connectivity index (χ0) is 14.8. The largest absolute Gasteiger partial charge is 0.350 e. The van der Waals surface area contributed by atoms with Crippen molar-refractivity contribution < 1.29 is 4.79 Å². The molecule has 0 aliphatic heterocycles. The number of hydrogen-bond donors (Lipinski definition) is 2. The van der Waals surface area contributed by atoms with Gasteiger partial charge >= 0.3 is 0 Å². The van der Waals surface area contributed by atoms with Gasteiger partial charge in [0.05, 0.1) is 5.69 Å². The summed E-state index contributed by atoms with van der Waals surface area (Å²) >= 11 is 0. The molecule has 0 spiro atoms. The van der Waals surface area contributed by atoms with Crippen molar-refractivity contribution in [1.29, 1.82) is 0 Å². The van der Waals surface area contributed by atoms with Crippen LogP contribution in [0.4, 0.5) is 0 Å². The second kappa shape index (κ2) is 5.42. The summed E-state index contributed by atoms with van der Waals surface area (Å²) in [6, 6.07) is 5.45. The van der Waals surface area contributed by atoms with Crippen molar-refractivity contribution in [2.45, 2.75) is 26.3 Å². The van der Waals surface area contributed by atoms with Gasteiger partial charge in [0.2, 0.25) is 0 Å². The molecule has 6 heteroatoms. The number of aryl methyl sites for hydroxylation is 1. The van der Waals surface area contributed by atoms with Crippen molar-refractivity contribution >= 4 is 5.91 Å². The van der Waals surface area contributed by atoms with Gasteiger partial charge < -0.3 is 11.1 Å². The lowest BCUT2D eigenvalue weighted by Gasteiger charge is -2.19. The van der Waals surface area contributed by atoms with Gasteiger partial charge in [-0.15, -0.1) is 0 Å². The highest BCUT2D eigenvalue weighted by Gasteiger charge is 2.14. The quantitative estimate of drug-likeness (QED) is 0.871. The molecule has 0 radical (unpaired) electrons. The Morgan fingerprint density at radius 3 is 2.75 bits per heavy atom. The number of nitrogens with zero attached hydrogens (tertiary/aromatic N) is 3. The van der Waals surface area contributed by atoms with E-state index in [4.69, 9.17) is 5.73 Å². The van der Waals surface area contributed by atoms with Gasteiger partial charge in [0, 0.05) is 17.6 Å². The Morgan fingerprint density at radius 1 is 1.45 bits per heavy atom. The molecule has 0 aliphatic carbocycles. The lowest BCUT2D eigenvalue weighted by Crippen LogP contribution is -2.45. The zero-order valence-corrected chi connectivity index (χ0v) is 11.9. The van der Waals surface area contributed by atoms with Crippen LogP contribution in [0.25, 0.3) is 5.69 Å². The Balaban J connectivity index is 2.15. The molecule has 1 heterocycles. The van der Waals surface area contributed by atoms with E-state index >= 15 is 0 Å². The fourth-order valence-corrected chi connectivity index (χ4v) is 1.80. The number of benzene rings is 1. The SMILES string of the molecule is Cc1cc(C(=O)NCC(C)(C)N)ccc1-n1cncn1. The second-order valence-electron chi connectivity index (χ2n) is 5.51. The van der Waals surface area contributed by atoms with Crippen LogP contribution in [-0.2, 0) is 0 Å². The van der Waals surface area contributed by atoms with E-state index in [1.54, 1.807) is 17.1 Å². The molecule has 106 valence electrons. The number of rotatable bonds is 4. The van der Waals surface area contributed by atoms with E-state index in [0.717, 1.165) is 11.3 Å². The van der Waals surface area contributed by atoms with Crippen LogP contribution in [0.15, 0.2) is 30.9 Å². The van der Waals surface area contributed by atoms with E-state index in [1.165, 1.54) is 6.33 Å². The summed E-state index contributed by atoms with van der Waals surface area (Å²) < 4.78 is 1.67. The molecule has 0 fully saturated rings. The Bertz CT molecular complexity index is 599. The Labute approximate surface area is 118 Å². The number of amides is 1. The molecular weight excluding hydrogens is 254 g/mol. The molecule has 2 rings (SSSR count). The summed E-state index contributed by atoms with van der Waals surface area (Å²) in [6.45, 7) is 6.09. The first-order chi connectivity index (χ1) is 9.37. The minimum atomic E-state index is -0.425. The van der Waals surface area contributed by atoms with Crippen molar-refractivity contribution in [3.8, 4) is 5.69 Å². The van der Waals surface area contributed by atoms with Crippen LogP contribution in [0.2, 0.25) is 0 Å². The Kier molecular flexibility index (Phi) is 3.85. The number of nitrogens with two attached hydrogens (primary N) is 1. The van der Waals surface area contributed by atoms with Crippen molar-refractivity contribution in [2.24, 2.45) is 5.73 Å². The normalized spacial score (nSPS) is 11.4. The first-order valence-corrected chi connectivity index (χ1v) is 6.39. The average Bonchev–Trinajstić information content (AvgIpc) is 2.88. The first-order valence-electron chi connectivity index (χ1n) is 6.39. The maximum atomic E-state index is 12.0. The van der Waals surface area contributed by atoms with Crippen LogP contribution < -0.4 is 11.1 Å². The highest BCUT2D eigenvalue weighted by Crippen LogP contribution is 2.14. The van der Waals surface area contributed by atoms with E-state index in [9.17, 15) is 4.79 Å². The van der Waals surface area contributed by atoms with Gasteiger partial charge in [-0.1, -0.05) is 0 Å². The third-order valence-corrected chi connectivity index (χ3v) is 2.83. The molecule has 0 bridgehead atoms. The third kappa shape index (κ3) is 3.42. The van der Waals surface area contributed by atoms with Crippen molar-refractivity contribution in [3.63, 3.8) is 0 Å². The first kappa shape index (κ1) is 14.2. The van der Waals surface area contributed by atoms with Crippen LogP contribution in [0, 0.1) is 6.92 Å². The summed E-state index contributed by atoms with van der Waals surface area (Å²) in [4.78, 5) is 16.0. The number of carbonyl (C=O) groups excluding carboxylic acids is 1. The van der Waals surface area contributed by atoms with Crippen molar-refractivity contribution in [1.82, 2.24) is 20.1 Å². The smallest absolute Gasteiger partial charge is 0.251 e. The standard InChI is InChI=1S/C14H19N5O/c1-10-6-11(13(20)17-7-14(2,3)15)4-5-12(10)19-9-16-8-18-19/h4-6,8-9H,7,15H2,1-3H3,(H,17,20). The molecule has 0 aliphatic rings. The predicted molar refractivity (Wildman–Crippen MR) is 76.7 cm³/mol. The zero-order valence-electron chi connectivity index (χ0n) is 11.9. The van der Waals surface area contributed by atoms with Crippen LogP contribution in [0.5, 0.6) is 0 Å². The van der Waals surface area contributed by atoms with Gasteiger partial charge in [-0.05, 0) is 44.5 Å². The third-order valence-electron chi connectivity index (χ3n) is 2.83. The minimum Gasteiger partial charge on any atom is -0.350 e. The van der Waals surface area contributed by atoms with Gasteiger partial charge in [0.25, 0.3) is 5.91 Å². The summed E-state index contributed by atoms with van der Waals surface area (Å²) in [5.41, 5.74) is 7.88. The Hall–Kier alpha value is -2.21. The van der Waals surface area contributed by atoms with Crippen molar-refractivity contribution in [3.05, 3.63) is 42.0 Å². The lowest BCUT2D eigenvalue weighted by atomic mass is 10.1. The molecule has 0 saturated heterocycles. The number of carbonyl (C=O) groups is 1. The molecule has 0 atom stereocenters. The molecule has 20 heavy (non-hydrogen) atoms. The maximum absolute atomic E-state index is 12.0. The summed E-state index contributed by atoms with van der Waals surface area (Å²) in [5.74, 6) is -0.128. The van der Waals surface area contributed by atoms with Gasteiger partial charge in [-0.3, -0.25) is 4.79 Å². The van der Waals surface area contributed by atoms with Crippen molar-refractivity contribution in [2.75, 3.05) is 6.54 Å². The summed E-state index contributed by atoms with van der Waals surface area (Å²) in [7, 11) is 0. The van der Waals surface area contributed by atoms with Gasteiger partial charge in [-0.25, -0.2) is 9.67 Å². The molecule has 0 saturated carbocycles. The average molecular weight is 273 g/mol. The van der Waals surface area contributed by atoms with Crippen LogP contribution >= 0.6 is 0 Å². The fraction of sp³-hybridized carbons (Fsp3) is 0.357. The number of nitrogens with one attached hydrogen (secondary N) is 1. The fourth-order valence-electron chi connectivity index (χ4n) is 1.80. The van der Waals surface area contributed by atoms with E-state index in [0.29, 0.717) is 12.1 Å². The molecule has 0 unspecified atom stereocenters. The number of hydrogen-bond acceptors (Lipinski definition) is 4. The molecule has 3 N–H and O–H groups in total. The molecule has 1 amide bonds. The molecule has 2 aromatic rings. The molecule has 1 aromatic heterocycles. The highest BCUT2D eigenvalue weighted by atomic mass is 16.1. The maximum Gasteiger partial charge on any atom is 0.251 e. The van der Waals surface area contributed by atoms with Crippen LogP contribution in [0.3, 0.4) is 0 Å². The minimum absolute atomic E-state index is 0.128. The molecular formula is C14H19N5O. The summed E-state index contributed by atoms with van der Waals surface area (Å²) in [6.07, 6.45) is 3.10. The molecule has 6 nitrogen and oxygen atoms in total.